The Kier molecular flexibility index (Phi) is 4.80. The number of hydrogen-bond donors (Lipinski definition) is 3. The summed E-state index contributed by atoms with van der Waals surface area (Å²) >= 11 is 0. The Morgan fingerprint density at radius 3 is 2.54 bits per heavy atom. The summed E-state index contributed by atoms with van der Waals surface area (Å²) in [7, 11) is 0. The van der Waals surface area contributed by atoms with Crippen molar-refractivity contribution in [2.45, 2.75) is 37.4 Å². The summed E-state index contributed by atoms with van der Waals surface area (Å²) in [6, 6.07) is 13.0. The Hall–Kier alpha value is -2.87. The highest BCUT2D eigenvalue weighted by atomic mass is 19.3. The fraction of sp³-hybridized carbons (Fsp3) is 0.350. The average Bonchev–Trinajstić information content (AvgIpc) is 2.68. The summed E-state index contributed by atoms with van der Waals surface area (Å²) in [5, 5.41) is 6.28. The molecule has 1 aromatic heterocycles. The van der Waals surface area contributed by atoms with Crippen LogP contribution in [0.2, 0.25) is 0 Å². The van der Waals surface area contributed by atoms with E-state index in [1.807, 2.05) is 30.3 Å². The van der Waals surface area contributed by atoms with Crippen LogP contribution in [0.4, 0.5) is 14.5 Å². The van der Waals surface area contributed by atoms with Crippen molar-refractivity contribution >= 4 is 17.5 Å². The maximum Gasteiger partial charge on any atom is 0.248 e. The highest BCUT2D eigenvalue weighted by Crippen LogP contribution is 2.42. The number of anilines is 1. The van der Waals surface area contributed by atoms with Crippen LogP contribution in [-0.2, 0) is 0 Å². The first-order valence-corrected chi connectivity index (χ1v) is 9.29. The van der Waals surface area contributed by atoms with Crippen molar-refractivity contribution in [3.05, 3.63) is 60.4 Å². The molecule has 4 N–H and O–H groups in total. The summed E-state index contributed by atoms with van der Waals surface area (Å²) in [4.78, 5) is 13.1. The number of nitrogens with zero attached hydrogens (tertiary/aromatic N) is 3. The van der Waals surface area contributed by atoms with Gasteiger partial charge < -0.3 is 10.6 Å². The fourth-order valence-electron chi connectivity index (χ4n) is 3.63. The lowest BCUT2D eigenvalue weighted by molar-refractivity contribution is -0.0643. The van der Waals surface area contributed by atoms with Gasteiger partial charge in [0.2, 0.25) is 17.7 Å². The van der Waals surface area contributed by atoms with Crippen LogP contribution in [0.25, 0.3) is 0 Å². The average molecular weight is 384 g/mol. The maximum absolute atomic E-state index is 14.1. The van der Waals surface area contributed by atoms with E-state index in [0.717, 1.165) is 11.3 Å². The Labute approximate surface area is 162 Å². The van der Waals surface area contributed by atoms with Gasteiger partial charge in [-0.1, -0.05) is 30.3 Å². The second kappa shape index (κ2) is 7.27. The highest BCUT2D eigenvalue weighted by Gasteiger charge is 2.46. The molecule has 1 aliphatic carbocycles. The molecule has 0 amide bonds. The molecule has 1 aromatic carbocycles. The SMILES string of the molecule is NC1(C2CCCC(F)(F)C2)N=C(Nc2ccncc2)NC(c2ccccc2)=N1. The summed E-state index contributed by atoms with van der Waals surface area (Å²) in [6.45, 7) is 0. The summed E-state index contributed by atoms with van der Waals surface area (Å²) in [6.07, 6.45) is 3.83. The van der Waals surface area contributed by atoms with Crippen molar-refractivity contribution in [2.75, 3.05) is 5.32 Å². The number of rotatable bonds is 3. The minimum Gasteiger partial charge on any atom is -0.326 e. The van der Waals surface area contributed by atoms with Crippen molar-refractivity contribution in [1.29, 1.82) is 0 Å². The van der Waals surface area contributed by atoms with Crippen LogP contribution < -0.4 is 16.4 Å². The number of hydrogen-bond acceptors (Lipinski definition) is 6. The van der Waals surface area contributed by atoms with Crippen LogP contribution in [0, 0.1) is 5.92 Å². The summed E-state index contributed by atoms with van der Waals surface area (Å²) < 4.78 is 28.1. The lowest BCUT2D eigenvalue weighted by Crippen LogP contribution is -2.55. The third-order valence-electron chi connectivity index (χ3n) is 5.05. The number of pyridine rings is 1. The van der Waals surface area contributed by atoms with Crippen LogP contribution in [0.1, 0.15) is 31.2 Å². The number of alkyl halides is 2. The molecule has 2 aliphatic rings. The molecular formula is C20H22F2N6. The Morgan fingerprint density at radius 1 is 1.07 bits per heavy atom. The molecular weight excluding hydrogens is 362 g/mol. The first kappa shape index (κ1) is 18.5. The van der Waals surface area contributed by atoms with Crippen molar-refractivity contribution in [1.82, 2.24) is 10.3 Å². The van der Waals surface area contributed by atoms with Gasteiger partial charge in [0.05, 0.1) is 0 Å². The Bertz CT molecular complexity index is 884. The number of aliphatic imine (C=N–C) groups is 2. The zero-order valence-corrected chi connectivity index (χ0v) is 15.3. The number of guanidine groups is 1. The van der Waals surface area contributed by atoms with Gasteiger partial charge >= 0.3 is 0 Å². The molecule has 2 unspecified atom stereocenters. The third-order valence-corrected chi connectivity index (χ3v) is 5.05. The van der Waals surface area contributed by atoms with E-state index in [1.165, 1.54) is 0 Å². The van der Waals surface area contributed by atoms with Gasteiger partial charge in [0.1, 0.15) is 5.84 Å². The van der Waals surface area contributed by atoms with E-state index in [1.54, 1.807) is 24.5 Å². The molecule has 1 saturated carbocycles. The molecule has 28 heavy (non-hydrogen) atoms. The number of amidine groups is 1. The predicted octanol–water partition coefficient (Wildman–Crippen LogP) is 3.34. The van der Waals surface area contributed by atoms with Gasteiger partial charge in [-0.05, 0) is 25.0 Å². The molecule has 0 spiro atoms. The number of aromatic nitrogens is 1. The fourth-order valence-corrected chi connectivity index (χ4v) is 3.63. The van der Waals surface area contributed by atoms with E-state index >= 15 is 0 Å². The van der Waals surface area contributed by atoms with E-state index in [9.17, 15) is 8.78 Å². The number of halogens is 2. The first-order valence-electron chi connectivity index (χ1n) is 9.29. The quantitative estimate of drug-likeness (QED) is 0.757. The normalized spacial score (nSPS) is 26.6. The van der Waals surface area contributed by atoms with Gasteiger partial charge in [-0.2, -0.15) is 0 Å². The van der Waals surface area contributed by atoms with Gasteiger partial charge in [-0.25, -0.2) is 18.8 Å². The van der Waals surface area contributed by atoms with Crippen LogP contribution in [-0.4, -0.2) is 28.5 Å². The molecule has 2 heterocycles. The van der Waals surface area contributed by atoms with Gasteiger partial charge in [-0.3, -0.25) is 10.7 Å². The van der Waals surface area contributed by atoms with Crippen LogP contribution in [0.3, 0.4) is 0 Å². The zero-order valence-electron chi connectivity index (χ0n) is 15.3. The van der Waals surface area contributed by atoms with Gasteiger partial charge in [-0.15, -0.1) is 0 Å². The van der Waals surface area contributed by atoms with Crippen molar-refractivity contribution in [3.63, 3.8) is 0 Å². The summed E-state index contributed by atoms with van der Waals surface area (Å²) in [5.41, 5.74) is 8.09. The Morgan fingerprint density at radius 2 is 1.82 bits per heavy atom. The van der Waals surface area contributed by atoms with Crippen molar-refractivity contribution in [2.24, 2.45) is 21.6 Å². The standard InChI is InChI=1S/C20H22F2N6/c21-19(22)10-4-7-15(13-19)20(23)27-17(14-5-2-1-3-6-14)26-18(28-20)25-16-8-11-24-12-9-16/h1-3,5-6,8-9,11-12,15H,4,7,10,13,23H2,(H2,24,25,26,27,28). The van der Waals surface area contributed by atoms with Crippen molar-refractivity contribution < 1.29 is 8.78 Å². The molecule has 2 aromatic rings. The molecule has 146 valence electrons. The van der Waals surface area contributed by atoms with E-state index in [2.05, 4.69) is 25.6 Å². The van der Waals surface area contributed by atoms with E-state index in [-0.39, 0.29) is 12.8 Å². The lowest BCUT2D eigenvalue weighted by atomic mass is 9.82. The van der Waals surface area contributed by atoms with Gasteiger partial charge in [0, 0.05) is 42.4 Å². The van der Waals surface area contributed by atoms with E-state index in [4.69, 9.17) is 5.73 Å². The number of nitrogens with one attached hydrogen (secondary N) is 2. The number of nitrogens with two attached hydrogens (primary N) is 1. The van der Waals surface area contributed by atoms with Crippen LogP contribution in [0.15, 0.2) is 64.8 Å². The van der Waals surface area contributed by atoms with E-state index in [0.29, 0.717) is 24.6 Å². The number of benzene rings is 1. The zero-order chi connectivity index (χ0) is 19.6. The molecule has 6 nitrogen and oxygen atoms in total. The van der Waals surface area contributed by atoms with Crippen LogP contribution in [0.5, 0.6) is 0 Å². The topological polar surface area (TPSA) is 87.7 Å². The predicted molar refractivity (Wildman–Crippen MR) is 105 cm³/mol. The third kappa shape index (κ3) is 4.01. The lowest BCUT2D eigenvalue weighted by Gasteiger charge is -2.39. The molecule has 8 heteroatoms. The smallest absolute Gasteiger partial charge is 0.248 e. The molecule has 0 bridgehead atoms. The molecule has 0 radical (unpaired) electrons. The molecule has 4 rings (SSSR count). The minimum atomic E-state index is -2.74. The monoisotopic (exact) mass is 384 g/mol. The van der Waals surface area contributed by atoms with E-state index < -0.39 is 17.6 Å². The molecule has 0 saturated heterocycles. The highest BCUT2D eigenvalue weighted by molar-refractivity contribution is 6.13. The van der Waals surface area contributed by atoms with Crippen molar-refractivity contribution in [3.8, 4) is 0 Å². The summed E-state index contributed by atoms with van der Waals surface area (Å²) in [5.74, 6) is -3.88. The van der Waals surface area contributed by atoms with Gasteiger partial charge in [0.15, 0.2) is 0 Å². The first-order chi connectivity index (χ1) is 13.4. The molecule has 2 atom stereocenters. The second-order valence-corrected chi connectivity index (χ2v) is 7.21. The minimum absolute atomic E-state index is 0.112. The second-order valence-electron chi connectivity index (χ2n) is 7.21. The van der Waals surface area contributed by atoms with Crippen LogP contribution >= 0.6 is 0 Å². The maximum atomic E-state index is 14.1. The molecule has 1 aliphatic heterocycles. The largest absolute Gasteiger partial charge is 0.326 e. The Balaban J connectivity index is 1.69. The molecule has 1 fully saturated rings. The van der Waals surface area contributed by atoms with Gasteiger partial charge in [0.25, 0.3) is 0 Å².